The van der Waals surface area contributed by atoms with E-state index in [0.29, 0.717) is 0 Å². The van der Waals surface area contributed by atoms with Crippen LogP contribution in [0.5, 0.6) is 0 Å². The molecule has 107 heavy (non-hydrogen) atoms. The number of ether oxygens (including phenoxy) is 15. The molecule has 0 bridgehead atoms. The molecule has 3 aliphatic heterocycles. The molecule has 10 aromatic carbocycles. The molecule has 0 aromatic heterocycles. The second-order valence-electron chi connectivity index (χ2n) is 26.1. The van der Waals surface area contributed by atoms with Crippen LogP contribution in [0.1, 0.15) is 70.0 Å². The van der Waals surface area contributed by atoms with Crippen LogP contribution in [0.3, 0.4) is 0 Å². The highest BCUT2D eigenvalue weighted by molar-refractivity contribution is 5.91. The Balaban J connectivity index is 0.888. The van der Waals surface area contributed by atoms with Crippen molar-refractivity contribution < 1.29 is 90.5 Å². The van der Waals surface area contributed by atoms with Crippen molar-refractivity contribution >= 4 is 17.9 Å². The van der Waals surface area contributed by atoms with Gasteiger partial charge in [-0.1, -0.05) is 267 Å². The van der Waals surface area contributed by atoms with E-state index in [1.807, 2.05) is 212 Å². The van der Waals surface area contributed by atoms with E-state index >= 15 is 0 Å². The standard InChI is InChI=1S/C88H86O19/c89-83(68-45-25-8-26-46-68)105-76-73(102-86(92)80(107-85(91)70-49-29-10-30-50-70)79(76)106-84(90)69-47-27-9-28-48-69)60-101-88-82(99-57-67-43-23-7-24-44-67)78(97-55-65-39-19-5-20-40-65)75(95-53-63-35-15-3-16-36-63)72(104-88)59-100-87-81(98-56-66-41-21-6-22-42-66)77(96-54-64-37-17-4-18-38-64)74(94-52-62-33-13-2-14-34-62)71(103-87)58-93-51-61-31-11-1-12-32-61/h1-50,71-82,86-88,92H,51-60H2/t71-,72-,73-,74-,75-,76-,77+,78+,79+,80+,81+,82+,86+,87+,88+/m1/s1. The SMILES string of the molecule is O=C(O[C@@H]1[C@H](OC(=O)c2ccccc2)[C@@H](O)O[C@H](CO[C@H]2O[C@H](CO[C@H]3O[C@H](COCc4ccccc4)[C@@H](OCc4ccccc4)[C@H](OCc4ccccc4)[C@@H]3OCc3ccccc3)[C@@H](OCc3ccccc3)[C@H](OCc3ccccc3)[C@@H]2OCc2ccccc2)[C@H]1OC(=O)c1ccccc1)c1ccccc1. The number of benzene rings is 10. The molecule has 10 aromatic rings. The van der Waals surface area contributed by atoms with Crippen LogP contribution in [-0.2, 0) is 117 Å². The highest BCUT2D eigenvalue weighted by Crippen LogP contribution is 2.37. The predicted octanol–water partition coefficient (Wildman–Crippen LogP) is 13.6. The lowest BCUT2D eigenvalue weighted by molar-refractivity contribution is -0.358. The molecule has 19 heteroatoms. The van der Waals surface area contributed by atoms with Crippen molar-refractivity contribution in [2.24, 2.45) is 0 Å². The van der Waals surface area contributed by atoms with E-state index in [1.165, 1.54) is 24.3 Å². The van der Waals surface area contributed by atoms with Gasteiger partial charge in [0.25, 0.3) is 0 Å². The molecule has 15 atom stereocenters. The summed E-state index contributed by atoms with van der Waals surface area (Å²) in [5, 5.41) is 12.3. The van der Waals surface area contributed by atoms with E-state index in [0.717, 1.165) is 38.9 Å². The molecular weight excluding hydrogens is 1360 g/mol. The first kappa shape index (κ1) is 75.3. The van der Waals surface area contributed by atoms with Gasteiger partial charge in [0.1, 0.15) is 54.9 Å². The minimum absolute atomic E-state index is 0.0242. The summed E-state index contributed by atoms with van der Waals surface area (Å²) in [6, 6.07) is 92.6. The minimum atomic E-state index is -2.02. The average Bonchev–Trinajstić information content (AvgIpc) is 0.784. The van der Waals surface area contributed by atoms with Crippen molar-refractivity contribution in [3.63, 3.8) is 0 Å². The van der Waals surface area contributed by atoms with Gasteiger partial charge in [-0.2, -0.15) is 0 Å². The predicted molar refractivity (Wildman–Crippen MR) is 393 cm³/mol. The molecule has 3 aliphatic rings. The minimum Gasteiger partial charge on any atom is -0.452 e. The topological polar surface area (TPSA) is 210 Å². The highest BCUT2D eigenvalue weighted by Gasteiger charge is 2.56. The number of aliphatic hydroxyl groups is 1. The fourth-order valence-corrected chi connectivity index (χ4v) is 13.0. The van der Waals surface area contributed by atoms with Crippen LogP contribution in [0.25, 0.3) is 0 Å². The number of esters is 3. The molecule has 552 valence electrons. The number of hydrogen-bond donors (Lipinski definition) is 1. The van der Waals surface area contributed by atoms with Crippen molar-refractivity contribution in [3.05, 3.63) is 359 Å². The molecule has 0 spiro atoms. The molecule has 13 rings (SSSR count). The Hall–Kier alpha value is -9.91. The van der Waals surface area contributed by atoms with Gasteiger partial charge in [-0.25, -0.2) is 14.4 Å². The number of rotatable bonds is 34. The quantitative estimate of drug-likeness (QED) is 0.0293. The van der Waals surface area contributed by atoms with Gasteiger partial charge in [-0.3, -0.25) is 0 Å². The molecular formula is C88H86O19. The average molecular weight is 1450 g/mol. The van der Waals surface area contributed by atoms with Gasteiger partial charge in [-0.05, 0) is 75.3 Å². The second-order valence-corrected chi connectivity index (χ2v) is 26.1. The van der Waals surface area contributed by atoms with E-state index in [2.05, 4.69) is 0 Å². The number of aliphatic hydroxyl groups excluding tert-OH is 1. The number of hydrogen-bond acceptors (Lipinski definition) is 19. The fraction of sp³-hybridized carbons (Fsp3) is 0.284. The van der Waals surface area contributed by atoms with Crippen molar-refractivity contribution in [1.82, 2.24) is 0 Å². The van der Waals surface area contributed by atoms with E-state index in [-0.39, 0.29) is 76.2 Å². The Kier molecular flexibility index (Phi) is 27.5. The maximum atomic E-state index is 14.6. The van der Waals surface area contributed by atoms with Gasteiger partial charge < -0.3 is 76.2 Å². The molecule has 3 fully saturated rings. The van der Waals surface area contributed by atoms with E-state index in [9.17, 15) is 19.5 Å². The Bertz CT molecular complexity index is 4240. The lowest BCUT2D eigenvalue weighted by atomic mass is 9.96. The maximum absolute atomic E-state index is 14.6. The Morgan fingerprint density at radius 1 is 0.243 bits per heavy atom. The Morgan fingerprint density at radius 3 is 0.804 bits per heavy atom. The van der Waals surface area contributed by atoms with Gasteiger partial charge >= 0.3 is 17.9 Å². The summed E-state index contributed by atoms with van der Waals surface area (Å²) in [7, 11) is 0. The molecule has 0 amide bonds. The van der Waals surface area contributed by atoms with Crippen molar-refractivity contribution in [2.75, 3.05) is 19.8 Å². The maximum Gasteiger partial charge on any atom is 0.338 e. The van der Waals surface area contributed by atoms with E-state index in [4.69, 9.17) is 71.1 Å². The Morgan fingerprint density at radius 2 is 0.486 bits per heavy atom. The molecule has 3 heterocycles. The van der Waals surface area contributed by atoms with Crippen LogP contribution in [0.4, 0.5) is 0 Å². The summed E-state index contributed by atoms with van der Waals surface area (Å²) in [6.45, 7) is 0.107. The number of carbonyl (C=O) groups is 3. The summed E-state index contributed by atoms with van der Waals surface area (Å²) < 4.78 is 103. The molecule has 0 aliphatic carbocycles. The van der Waals surface area contributed by atoms with E-state index < -0.39 is 117 Å². The third-order valence-electron chi connectivity index (χ3n) is 18.5. The van der Waals surface area contributed by atoms with Crippen LogP contribution in [-0.4, -0.2) is 135 Å². The lowest BCUT2D eigenvalue weighted by Crippen LogP contribution is -2.65. The zero-order valence-electron chi connectivity index (χ0n) is 58.9. The van der Waals surface area contributed by atoms with Crippen LogP contribution in [0.2, 0.25) is 0 Å². The third kappa shape index (κ3) is 21.2. The summed E-state index contributed by atoms with van der Waals surface area (Å²) in [5.41, 5.74) is 6.51. The van der Waals surface area contributed by atoms with Crippen LogP contribution in [0, 0.1) is 0 Å². The third-order valence-corrected chi connectivity index (χ3v) is 18.5. The van der Waals surface area contributed by atoms with Gasteiger partial charge in [-0.15, -0.1) is 0 Å². The van der Waals surface area contributed by atoms with Crippen LogP contribution < -0.4 is 0 Å². The molecule has 1 N–H and O–H groups in total. The van der Waals surface area contributed by atoms with Crippen LogP contribution >= 0.6 is 0 Å². The summed E-state index contributed by atoms with van der Waals surface area (Å²) in [4.78, 5) is 43.1. The van der Waals surface area contributed by atoms with Crippen molar-refractivity contribution in [3.8, 4) is 0 Å². The van der Waals surface area contributed by atoms with Gasteiger partial charge in [0.2, 0.25) is 0 Å². The molecule has 19 nitrogen and oxygen atoms in total. The van der Waals surface area contributed by atoms with E-state index in [1.54, 1.807) is 66.7 Å². The zero-order chi connectivity index (χ0) is 73.2. The second kappa shape index (κ2) is 39.1. The molecule has 0 radical (unpaired) electrons. The number of carbonyl (C=O) groups excluding carboxylic acids is 3. The zero-order valence-corrected chi connectivity index (χ0v) is 58.9. The molecule has 3 saturated heterocycles. The smallest absolute Gasteiger partial charge is 0.338 e. The lowest BCUT2D eigenvalue weighted by Gasteiger charge is -2.48. The summed E-state index contributed by atoms with van der Waals surface area (Å²) >= 11 is 0. The first-order chi connectivity index (χ1) is 52.7. The fourth-order valence-electron chi connectivity index (χ4n) is 13.0. The van der Waals surface area contributed by atoms with Crippen molar-refractivity contribution in [1.29, 1.82) is 0 Å². The summed E-state index contributed by atoms with van der Waals surface area (Å²) in [6.07, 6.45) is -19.3. The first-order valence-electron chi connectivity index (χ1n) is 35.9. The normalized spacial score (nSPS) is 24.2. The van der Waals surface area contributed by atoms with Crippen molar-refractivity contribution in [2.45, 2.75) is 138 Å². The molecule has 0 unspecified atom stereocenters. The highest BCUT2D eigenvalue weighted by atomic mass is 16.8. The largest absolute Gasteiger partial charge is 0.452 e. The van der Waals surface area contributed by atoms with Crippen LogP contribution in [0.15, 0.2) is 303 Å². The van der Waals surface area contributed by atoms with Gasteiger partial charge in [0, 0.05) is 0 Å². The first-order valence-corrected chi connectivity index (χ1v) is 35.9. The van der Waals surface area contributed by atoms with Gasteiger partial charge in [0.15, 0.2) is 37.2 Å². The molecule has 0 saturated carbocycles. The Labute approximate surface area is 622 Å². The summed E-state index contributed by atoms with van der Waals surface area (Å²) in [5.74, 6) is -2.63. The van der Waals surface area contributed by atoms with Gasteiger partial charge in [0.05, 0.1) is 82.8 Å². The monoisotopic (exact) mass is 1450 g/mol.